The predicted molar refractivity (Wildman–Crippen MR) is 96.4 cm³/mol. The van der Waals surface area contributed by atoms with Gasteiger partial charge in [0.25, 0.3) is 0 Å². The smallest absolute Gasteiger partial charge is 0.340 e. The van der Waals surface area contributed by atoms with Crippen LogP contribution in [-0.2, 0) is 27.4 Å². The Bertz CT molecular complexity index is 597. The molecule has 3 atom stereocenters. The maximum absolute atomic E-state index is 12.8. The van der Waals surface area contributed by atoms with Gasteiger partial charge in [-0.3, -0.25) is 9.13 Å². The second-order valence-corrected chi connectivity index (χ2v) is 10.1. The van der Waals surface area contributed by atoms with Crippen molar-refractivity contribution >= 4 is 15.0 Å². The average molecular weight is 390 g/mol. The first-order valence-electron chi connectivity index (χ1n) is 7.44. The molecule has 0 aliphatic rings. The van der Waals surface area contributed by atoms with Crippen LogP contribution in [0.1, 0.15) is 12.8 Å². The van der Waals surface area contributed by atoms with E-state index in [0.717, 1.165) is 0 Å². The highest BCUT2D eigenvalue weighted by Crippen LogP contribution is 2.61. The zero-order chi connectivity index (χ0) is 19.2. The second-order valence-electron chi connectivity index (χ2n) is 4.96. The van der Waals surface area contributed by atoms with Gasteiger partial charge in [0.15, 0.2) is 0 Å². The number of aliphatic hydroxyl groups excluding tert-OH is 1. The molecule has 0 heterocycles. The van der Waals surface area contributed by atoms with E-state index in [1.165, 1.54) is 6.66 Å². The topological polar surface area (TPSA) is 91.3 Å². The van der Waals surface area contributed by atoms with Crippen LogP contribution in [0.15, 0.2) is 0 Å². The van der Waals surface area contributed by atoms with Gasteiger partial charge in [-0.15, -0.1) is 31.1 Å². The van der Waals surface area contributed by atoms with Crippen molar-refractivity contribution in [2.24, 2.45) is 0 Å². The first-order valence-corrected chi connectivity index (χ1v) is 11.4. The summed E-state index contributed by atoms with van der Waals surface area (Å²) in [6.45, 7) is 0.664. The maximum Gasteiger partial charge on any atom is 0.340 e. The van der Waals surface area contributed by atoms with E-state index in [4.69, 9.17) is 37.6 Å². The van der Waals surface area contributed by atoms with Gasteiger partial charge in [0.05, 0.1) is 26.4 Å². The van der Waals surface area contributed by atoms with Gasteiger partial charge in [-0.05, 0) is 0 Å². The van der Waals surface area contributed by atoms with Gasteiger partial charge in [-0.2, -0.15) is 0 Å². The van der Waals surface area contributed by atoms with Crippen LogP contribution in [0, 0.1) is 37.0 Å². The minimum atomic E-state index is -3.80. The molecular weight excluding hydrogens is 366 g/mol. The monoisotopic (exact) mass is 390 g/mol. The van der Waals surface area contributed by atoms with Gasteiger partial charge in [0, 0.05) is 19.5 Å². The largest absolute Gasteiger partial charge is 0.394 e. The fourth-order valence-corrected chi connectivity index (χ4v) is 6.34. The molecule has 9 heteroatoms. The Balaban J connectivity index is 4.89. The third-order valence-corrected chi connectivity index (χ3v) is 7.93. The van der Waals surface area contributed by atoms with E-state index >= 15 is 0 Å². The third-order valence-electron chi connectivity index (χ3n) is 2.64. The average Bonchev–Trinajstić information content (AvgIpc) is 2.55. The van der Waals surface area contributed by atoms with Crippen LogP contribution >= 0.6 is 15.0 Å². The Hall–Kier alpha value is -1.06. The fourth-order valence-electron chi connectivity index (χ4n) is 1.53. The van der Waals surface area contributed by atoms with E-state index < -0.39 is 33.6 Å². The number of hydrogen-bond donors (Lipinski definition) is 1. The van der Waals surface area contributed by atoms with Gasteiger partial charge in [-0.25, -0.2) is 0 Å². The molecule has 25 heavy (non-hydrogen) atoms. The number of terminal acetylenes is 3. The van der Waals surface area contributed by atoms with Crippen molar-refractivity contribution in [3.05, 3.63) is 0 Å². The zero-order valence-corrected chi connectivity index (χ0v) is 16.0. The molecule has 0 aliphatic heterocycles. The lowest BCUT2D eigenvalue weighted by atomic mass is 10.4. The van der Waals surface area contributed by atoms with E-state index in [0.29, 0.717) is 0 Å². The lowest BCUT2D eigenvalue weighted by Gasteiger charge is -2.23. The van der Waals surface area contributed by atoms with Gasteiger partial charge in [-0.1, -0.05) is 5.92 Å². The lowest BCUT2D eigenvalue weighted by molar-refractivity contribution is -0.00207. The van der Waals surface area contributed by atoms with Crippen LogP contribution in [0.25, 0.3) is 0 Å². The Labute approximate surface area is 149 Å². The normalized spacial score (nSPS) is 16.6. The van der Waals surface area contributed by atoms with Crippen LogP contribution in [0.5, 0.6) is 0 Å². The summed E-state index contributed by atoms with van der Waals surface area (Å²) in [7, 11) is -7.07. The predicted octanol–water partition coefficient (Wildman–Crippen LogP) is 2.15. The molecule has 0 fully saturated rings. The van der Waals surface area contributed by atoms with E-state index in [1.54, 1.807) is 0 Å². The van der Waals surface area contributed by atoms with E-state index in [1.807, 2.05) is 0 Å². The van der Waals surface area contributed by atoms with Crippen molar-refractivity contribution in [1.82, 2.24) is 0 Å². The number of rotatable bonds is 14. The van der Waals surface area contributed by atoms with Crippen molar-refractivity contribution in [2.75, 3.05) is 45.6 Å². The van der Waals surface area contributed by atoms with Gasteiger partial charge in [0.1, 0.15) is 18.6 Å². The third kappa shape index (κ3) is 12.0. The highest BCUT2D eigenvalue weighted by Gasteiger charge is 2.35. The summed E-state index contributed by atoms with van der Waals surface area (Å²) in [5, 5.41) is 9.21. The molecule has 0 spiro atoms. The maximum atomic E-state index is 12.8. The van der Waals surface area contributed by atoms with Crippen LogP contribution in [0.2, 0.25) is 0 Å². The summed E-state index contributed by atoms with van der Waals surface area (Å²) < 4.78 is 46.2. The van der Waals surface area contributed by atoms with Crippen LogP contribution < -0.4 is 0 Å². The molecule has 0 aliphatic carbocycles. The minimum Gasteiger partial charge on any atom is -0.394 e. The number of ether oxygens (including phenoxy) is 1. The summed E-state index contributed by atoms with van der Waals surface area (Å²) in [6, 6.07) is 0. The standard InChI is InChI=1S/C16H24O7P2/c1-5-8-11-21-24(4,18)15-25(19,22-12-9-6-2)23-14-16(13-17)20-10-7-3/h1-3,16-17H,8-15H2,4H3. The quantitative estimate of drug-likeness (QED) is 0.276. The molecule has 0 aromatic carbocycles. The lowest BCUT2D eigenvalue weighted by Crippen LogP contribution is -2.24. The minimum absolute atomic E-state index is 0.0346. The van der Waals surface area contributed by atoms with Crippen molar-refractivity contribution in [1.29, 1.82) is 0 Å². The van der Waals surface area contributed by atoms with Crippen LogP contribution in [0.3, 0.4) is 0 Å². The summed E-state index contributed by atoms with van der Waals surface area (Å²) in [6.07, 6.45) is 15.0. The first-order chi connectivity index (χ1) is 11.8. The Morgan fingerprint density at radius 3 is 2.12 bits per heavy atom. The molecule has 0 aromatic rings. The molecule has 0 amide bonds. The van der Waals surface area contributed by atoms with Crippen molar-refractivity contribution in [3.8, 4) is 37.0 Å². The van der Waals surface area contributed by atoms with Gasteiger partial charge >= 0.3 is 7.60 Å². The van der Waals surface area contributed by atoms with Crippen molar-refractivity contribution < 1.29 is 32.5 Å². The molecule has 1 N–H and O–H groups in total. The molecule has 0 rings (SSSR count). The summed E-state index contributed by atoms with van der Waals surface area (Å²) in [5.74, 6) is 6.49. The number of hydrogen-bond acceptors (Lipinski definition) is 7. The SMILES string of the molecule is C#CCCOP(C)(=O)CP(=O)(OCCC#C)OCC(CO)OCC#C. The van der Waals surface area contributed by atoms with Gasteiger partial charge < -0.3 is 23.4 Å². The first kappa shape index (κ1) is 23.9. The molecule has 0 saturated carbocycles. The van der Waals surface area contributed by atoms with E-state index in [9.17, 15) is 14.2 Å². The molecule has 0 saturated heterocycles. The molecule has 0 radical (unpaired) electrons. The van der Waals surface area contributed by atoms with Crippen molar-refractivity contribution in [2.45, 2.75) is 18.9 Å². The molecule has 0 aromatic heterocycles. The molecule has 3 unspecified atom stereocenters. The van der Waals surface area contributed by atoms with Crippen LogP contribution in [-0.4, -0.2) is 56.8 Å². The summed E-state index contributed by atoms with van der Waals surface area (Å²) in [4.78, 5) is 0. The highest BCUT2D eigenvalue weighted by molar-refractivity contribution is 7.73. The molecule has 0 bridgehead atoms. The van der Waals surface area contributed by atoms with Crippen molar-refractivity contribution in [3.63, 3.8) is 0 Å². The molecule has 140 valence electrons. The fraction of sp³-hybridized carbons (Fsp3) is 0.625. The Kier molecular flexibility index (Phi) is 12.6. The summed E-state index contributed by atoms with van der Waals surface area (Å²) in [5.41, 5.74) is 0. The number of aliphatic hydroxyl groups is 1. The van der Waals surface area contributed by atoms with Gasteiger partial charge in [0.2, 0.25) is 7.37 Å². The van der Waals surface area contributed by atoms with E-state index in [-0.39, 0.29) is 39.3 Å². The van der Waals surface area contributed by atoms with Crippen LogP contribution in [0.4, 0.5) is 0 Å². The highest BCUT2D eigenvalue weighted by atomic mass is 31.2. The molecular formula is C16H24O7P2. The Morgan fingerprint density at radius 1 is 1.00 bits per heavy atom. The summed E-state index contributed by atoms with van der Waals surface area (Å²) >= 11 is 0. The second kappa shape index (κ2) is 13.2. The Morgan fingerprint density at radius 2 is 1.60 bits per heavy atom. The molecule has 7 nitrogen and oxygen atoms in total. The van der Waals surface area contributed by atoms with E-state index in [2.05, 4.69) is 17.8 Å². The zero-order valence-electron chi connectivity index (χ0n) is 14.3.